The summed E-state index contributed by atoms with van der Waals surface area (Å²) in [6.45, 7) is 0. The first-order valence-corrected chi connectivity index (χ1v) is 4.52. The third kappa shape index (κ3) is 1.58. The summed E-state index contributed by atoms with van der Waals surface area (Å²) in [5.74, 6) is 0. The molecule has 0 saturated heterocycles. The highest BCUT2D eigenvalue weighted by molar-refractivity contribution is 7.98. The molecule has 0 amide bonds. The van der Waals surface area contributed by atoms with Crippen LogP contribution >= 0.6 is 11.8 Å². The van der Waals surface area contributed by atoms with Crippen LogP contribution in [0.2, 0.25) is 0 Å². The second-order valence-corrected chi connectivity index (χ2v) is 3.01. The molecule has 2 nitrogen and oxygen atoms in total. The van der Waals surface area contributed by atoms with Crippen molar-refractivity contribution in [3.05, 3.63) is 29.3 Å². The summed E-state index contributed by atoms with van der Waals surface area (Å²) in [6, 6.07) is 9.19. The minimum absolute atomic E-state index is 0.440. The van der Waals surface area contributed by atoms with Gasteiger partial charge in [-0.05, 0) is 24.5 Å². The van der Waals surface area contributed by atoms with Gasteiger partial charge in [-0.2, -0.15) is 10.5 Å². The second kappa shape index (κ2) is 3.80. The fourth-order valence-electron chi connectivity index (χ4n) is 0.840. The molecule has 1 aromatic carbocycles. The number of hydrogen-bond donors (Lipinski definition) is 0. The average Bonchev–Trinajstić information content (AvgIpc) is 2.16. The van der Waals surface area contributed by atoms with Gasteiger partial charge in [0.15, 0.2) is 0 Å². The molecule has 0 radical (unpaired) electrons. The van der Waals surface area contributed by atoms with Gasteiger partial charge in [-0.25, -0.2) is 0 Å². The number of nitriles is 2. The smallest absolute Gasteiger partial charge is 0.101 e. The van der Waals surface area contributed by atoms with Crippen molar-refractivity contribution >= 4 is 11.8 Å². The summed E-state index contributed by atoms with van der Waals surface area (Å²) in [4.78, 5) is 1.01. The lowest BCUT2D eigenvalue weighted by Gasteiger charge is -1.97. The zero-order valence-electron chi connectivity index (χ0n) is 6.53. The molecule has 0 heterocycles. The van der Waals surface area contributed by atoms with E-state index in [0.717, 1.165) is 4.90 Å². The van der Waals surface area contributed by atoms with E-state index in [-0.39, 0.29) is 0 Å². The van der Waals surface area contributed by atoms with E-state index in [1.54, 1.807) is 23.9 Å². The minimum atomic E-state index is 0.440. The van der Waals surface area contributed by atoms with Crippen LogP contribution in [0.5, 0.6) is 0 Å². The van der Waals surface area contributed by atoms with E-state index in [2.05, 4.69) is 0 Å². The Morgan fingerprint density at radius 3 is 2.33 bits per heavy atom. The van der Waals surface area contributed by atoms with Crippen molar-refractivity contribution < 1.29 is 0 Å². The van der Waals surface area contributed by atoms with Gasteiger partial charge in [-0.1, -0.05) is 0 Å². The Hall–Kier alpha value is -1.45. The predicted molar refractivity (Wildman–Crippen MR) is 47.7 cm³/mol. The Morgan fingerprint density at radius 2 is 1.83 bits per heavy atom. The van der Waals surface area contributed by atoms with Crippen LogP contribution in [0.3, 0.4) is 0 Å². The zero-order valence-corrected chi connectivity index (χ0v) is 7.35. The molecule has 0 atom stereocenters. The van der Waals surface area contributed by atoms with Crippen molar-refractivity contribution in [3.8, 4) is 12.1 Å². The SMILES string of the molecule is CSc1ccc(C#N)c(C#N)c1. The molecule has 0 aromatic heterocycles. The summed E-state index contributed by atoms with van der Waals surface area (Å²) < 4.78 is 0. The molecular formula is C9H6N2S. The Balaban J connectivity index is 3.25. The molecule has 58 valence electrons. The lowest BCUT2D eigenvalue weighted by atomic mass is 10.1. The maximum absolute atomic E-state index is 8.66. The first-order valence-electron chi connectivity index (χ1n) is 3.30. The van der Waals surface area contributed by atoms with E-state index in [1.807, 2.05) is 24.5 Å². The van der Waals surface area contributed by atoms with Crippen LogP contribution < -0.4 is 0 Å². The van der Waals surface area contributed by atoms with Gasteiger partial charge in [0.1, 0.15) is 12.1 Å². The fourth-order valence-corrected chi connectivity index (χ4v) is 1.28. The molecule has 0 N–H and O–H groups in total. The number of benzene rings is 1. The maximum atomic E-state index is 8.66. The normalized spacial score (nSPS) is 8.58. The molecule has 0 spiro atoms. The Labute approximate surface area is 75.4 Å². The van der Waals surface area contributed by atoms with Gasteiger partial charge in [0, 0.05) is 4.90 Å². The van der Waals surface area contributed by atoms with Crippen molar-refractivity contribution in [2.45, 2.75) is 4.90 Å². The Morgan fingerprint density at radius 1 is 1.17 bits per heavy atom. The summed E-state index contributed by atoms with van der Waals surface area (Å²) in [5, 5.41) is 17.3. The van der Waals surface area contributed by atoms with Crippen LogP contribution in [0.25, 0.3) is 0 Å². The molecule has 0 aliphatic rings. The van der Waals surface area contributed by atoms with Crippen molar-refractivity contribution in [3.63, 3.8) is 0 Å². The van der Waals surface area contributed by atoms with E-state index in [0.29, 0.717) is 11.1 Å². The van der Waals surface area contributed by atoms with Crippen molar-refractivity contribution in [1.29, 1.82) is 10.5 Å². The van der Waals surface area contributed by atoms with Crippen LogP contribution in [0.1, 0.15) is 11.1 Å². The van der Waals surface area contributed by atoms with E-state index >= 15 is 0 Å². The van der Waals surface area contributed by atoms with Gasteiger partial charge < -0.3 is 0 Å². The largest absolute Gasteiger partial charge is 0.192 e. The summed E-state index contributed by atoms with van der Waals surface area (Å²) in [7, 11) is 0. The van der Waals surface area contributed by atoms with E-state index in [4.69, 9.17) is 10.5 Å². The Kier molecular flexibility index (Phi) is 2.74. The third-order valence-corrected chi connectivity index (χ3v) is 2.19. The maximum Gasteiger partial charge on any atom is 0.101 e. The molecule has 0 bridgehead atoms. The zero-order chi connectivity index (χ0) is 8.97. The number of nitrogens with zero attached hydrogens (tertiary/aromatic N) is 2. The highest BCUT2D eigenvalue weighted by Gasteiger charge is 2.00. The van der Waals surface area contributed by atoms with Crippen molar-refractivity contribution in [2.24, 2.45) is 0 Å². The van der Waals surface area contributed by atoms with Gasteiger partial charge >= 0.3 is 0 Å². The highest BCUT2D eigenvalue weighted by Crippen LogP contribution is 2.18. The third-order valence-electron chi connectivity index (χ3n) is 1.47. The fraction of sp³-hybridized carbons (Fsp3) is 0.111. The monoisotopic (exact) mass is 174 g/mol. The summed E-state index contributed by atoms with van der Waals surface area (Å²) in [5.41, 5.74) is 0.889. The summed E-state index contributed by atoms with van der Waals surface area (Å²) >= 11 is 1.56. The number of hydrogen-bond acceptors (Lipinski definition) is 3. The van der Waals surface area contributed by atoms with Crippen LogP contribution in [0.15, 0.2) is 23.1 Å². The minimum Gasteiger partial charge on any atom is -0.192 e. The number of thioether (sulfide) groups is 1. The molecule has 12 heavy (non-hydrogen) atoms. The molecule has 0 saturated carbocycles. The number of rotatable bonds is 1. The van der Waals surface area contributed by atoms with Crippen molar-refractivity contribution in [2.75, 3.05) is 6.26 Å². The standard InChI is InChI=1S/C9H6N2S/c1-12-9-3-2-7(5-10)8(4-9)6-11/h2-4H,1H3. The van der Waals surface area contributed by atoms with Crippen molar-refractivity contribution in [1.82, 2.24) is 0 Å². The van der Waals surface area contributed by atoms with Gasteiger partial charge in [0.2, 0.25) is 0 Å². The predicted octanol–water partition coefficient (Wildman–Crippen LogP) is 2.15. The molecule has 1 rings (SSSR count). The van der Waals surface area contributed by atoms with Crippen LogP contribution in [0, 0.1) is 22.7 Å². The van der Waals surface area contributed by atoms with Crippen LogP contribution in [0.4, 0.5) is 0 Å². The molecular weight excluding hydrogens is 168 g/mol. The highest BCUT2D eigenvalue weighted by atomic mass is 32.2. The molecule has 0 fully saturated rings. The van der Waals surface area contributed by atoms with E-state index in [1.165, 1.54) is 0 Å². The molecule has 1 aromatic rings. The quantitative estimate of drug-likeness (QED) is 0.613. The molecule has 0 unspecified atom stereocenters. The summed E-state index contributed by atoms with van der Waals surface area (Å²) in [6.07, 6.45) is 1.93. The van der Waals surface area contributed by atoms with Gasteiger partial charge in [-0.3, -0.25) is 0 Å². The molecule has 0 aliphatic carbocycles. The molecule has 0 aliphatic heterocycles. The average molecular weight is 174 g/mol. The van der Waals surface area contributed by atoms with Gasteiger partial charge in [0.25, 0.3) is 0 Å². The first-order chi connectivity index (χ1) is 5.81. The van der Waals surface area contributed by atoms with Crippen LogP contribution in [-0.4, -0.2) is 6.26 Å². The van der Waals surface area contributed by atoms with E-state index < -0.39 is 0 Å². The second-order valence-electron chi connectivity index (χ2n) is 2.14. The van der Waals surface area contributed by atoms with Gasteiger partial charge in [-0.15, -0.1) is 11.8 Å². The van der Waals surface area contributed by atoms with E-state index in [9.17, 15) is 0 Å². The lowest BCUT2D eigenvalue weighted by molar-refractivity contribution is 1.37. The molecule has 3 heteroatoms. The van der Waals surface area contributed by atoms with Gasteiger partial charge in [0.05, 0.1) is 11.1 Å². The topological polar surface area (TPSA) is 47.6 Å². The Bertz CT molecular complexity index is 371. The first kappa shape index (κ1) is 8.64. The van der Waals surface area contributed by atoms with Crippen LogP contribution in [-0.2, 0) is 0 Å². The lowest BCUT2D eigenvalue weighted by Crippen LogP contribution is -1.83.